The number of hydrogen-bond acceptors (Lipinski definition) is 3. The van der Waals surface area contributed by atoms with Crippen molar-refractivity contribution in [3.8, 4) is 56.3 Å². The van der Waals surface area contributed by atoms with Crippen molar-refractivity contribution >= 4 is 32.6 Å². The normalized spacial score (nSPS) is 11.2. The highest BCUT2D eigenvalue weighted by Gasteiger charge is 2.15. The van der Waals surface area contributed by atoms with Gasteiger partial charge in [-0.05, 0) is 109 Å². The van der Waals surface area contributed by atoms with Crippen LogP contribution >= 0.6 is 0 Å². The van der Waals surface area contributed by atoms with E-state index in [1.54, 1.807) is 4.80 Å². The van der Waals surface area contributed by atoms with Crippen LogP contribution in [-0.4, -0.2) is 15.0 Å². The lowest BCUT2D eigenvalue weighted by atomic mass is 9.92. The standard InChI is InChI=1S/C45H28N4/c46-29-30-14-16-31(17-15-30)32-18-20-34(21-19-32)43-28-45-44(27-42(43)33-8-2-1-3-9-33)47-49(48-45)37-24-22-35(23-25-37)41-26-36-10-4-5-11-38(36)39-12-6-7-13-40(39)41/h1-28H. The van der Waals surface area contributed by atoms with Crippen molar-refractivity contribution in [2.24, 2.45) is 0 Å². The monoisotopic (exact) mass is 624 g/mol. The fourth-order valence-corrected chi connectivity index (χ4v) is 6.82. The summed E-state index contributed by atoms with van der Waals surface area (Å²) in [5.74, 6) is 0. The lowest BCUT2D eigenvalue weighted by Crippen LogP contribution is -1.98. The van der Waals surface area contributed by atoms with Gasteiger partial charge in [0.15, 0.2) is 0 Å². The fourth-order valence-electron chi connectivity index (χ4n) is 6.82. The molecule has 4 heteroatoms. The topological polar surface area (TPSA) is 54.5 Å². The molecule has 0 atom stereocenters. The Kier molecular flexibility index (Phi) is 6.81. The highest BCUT2D eigenvalue weighted by molar-refractivity contribution is 6.13. The molecular weight excluding hydrogens is 597 g/mol. The van der Waals surface area contributed by atoms with Crippen LogP contribution in [0.2, 0.25) is 0 Å². The van der Waals surface area contributed by atoms with Crippen LogP contribution in [0.4, 0.5) is 0 Å². The maximum atomic E-state index is 9.18. The van der Waals surface area contributed by atoms with Crippen LogP contribution in [0.1, 0.15) is 5.56 Å². The Labute approximate surface area is 283 Å². The number of benzene rings is 8. The zero-order chi connectivity index (χ0) is 32.7. The first-order chi connectivity index (χ1) is 24.2. The van der Waals surface area contributed by atoms with E-state index in [0.717, 1.165) is 55.7 Å². The van der Waals surface area contributed by atoms with Crippen LogP contribution in [0.3, 0.4) is 0 Å². The van der Waals surface area contributed by atoms with E-state index in [2.05, 4.69) is 146 Å². The number of hydrogen-bond donors (Lipinski definition) is 0. The van der Waals surface area contributed by atoms with E-state index >= 15 is 0 Å². The maximum absolute atomic E-state index is 9.18. The number of rotatable bonds is 5. The van der Waals surface area contributed by atoms with Crippen molar-refractivity contribution in [1.29, 1.82) is 5.26 Å². The summed E-state index contributed by atoms with van der Waals surface area (Å²) in [7, 11) is 0. The Morgan fingerprint density at radius 2 is 0.898 bits per heavy atom. The van der Waals surface area contributed by atoms with Crippen molar-refractivity contribution in [3.05, 3.63) is 175 Å². The molecule has 49 heavy (non-hydrogen) atoms. The molecule has 9 rings (SSSR count). The maximum Gasteiger partial charge on any atom is 0.114 e. The van der Waals surface area contributed by atoms with Crippen molar-refractivity contribution in [3.63, 3.8) is 0 Å². The molecule has 1 aromatic heterocycles. The van der Waals surface area contributed by atoms with Gasteiger partial charge in [0.1, 0.15) is 11.0 Å². The molecule has 0 unspecified atom stereocenters. The Bertz CT molecular complexity index is 2680. The summed E-state index contributed by atoms with van der Waals surface area (Å²) in [4.78, 5) is 1.74. The predicted molar refractivity (Wildman–Crippen MR) is 200 cm³/mol. The summed E-state index contributed by atoms with van der Waals surface area (Å²) in [6.07, 6.45) is 0. The molecule has 0 spiro atoms. The zero-order valence-corrected chi connectivity index (χ0v) is 26.5. The minimum Gasteiger partial charge on any atom is -0.192 e. The highest BCUT2D eigenvalue weighted by atomic mass is 15.5. The van der Waals surface area contributed by atoms with Gasteiger partial charge in [0.25, 0.3) is 0 Å². The van der Waals surface area contributed by atoms with Crippen LogP contribution in [0.5, 0.6) is 0 Å². The molecule has 1 heterocycles. The second-order valence-electron chi connectivity index (χ2n) is 12.2. The van der Waals surface area contributed by atoms with Crippen LogP contribution in [0, 0.1) is 11.3 Å². The van der Waals surface area contributed by atoms with Gasteiger partial charge < -0.3 is 0 Å². The van der Waals surface area contributed by atoms with Gasteiger partial charge in [-0.15, -0.1) is 10.2 Å². The van der Waals surface area contributed by atoms with Crippen molar-refractivity contribution in [1.82, 2.24) is 15.0 Å². The lowest BCUT2D eigenvalue weighted by Gasteiger charge is -2.11. The number of nitriles is 1. The van der Waals surface area contributed by atoms with Gasteiger partial charge in [0, 0.05) is 0 Å². The van der Waals surface area contributed by atoms with Gasteiger partial charge in [-0.1, -0.05) is 127 Å². The molecule has 0 aliphatic heterocycles. The Hall–Kier alpha value is -6.83. The van der Waals surface area contributed by atoms with Crippen LogP contribution in [0.15, 0.2) is 170 Å². The molecule has 0 saturated heterocycles. The van der Waals surface area contributed by atoms with E-state index in [9.17, 15) is 5.26 Å². The molecule has 4 nitrogen and oxygen atoms in total. The smallest absolute Gasteiger partial charge is 0.114 e. The van der Waals surface area contributed by atoms with E-state index < -0.39 is 0 Å². The average Bonchev–Trinajstić information content (AvgIpc) is 3.61. The van der Waals surface area contributed by atoms with E-state index in [-0.39, 0.29) is 0 Å². The van der Waals surface area contributed by atoms with Crippen molar-refractivity contribution < 1.29 is 0 Å². The Morgan fingerprint density at radius 3 is 1.55 bits per heavy atom. The molecule has 228 valence electrons. The Balaban J connectivity index is 1.10. The van der Waals surface area contributed by atoms with Crippen LogP contribution in [0.25, 0.3) is 82.8 Å². The average molecular weight is 625 g/mol. The molecule has 0 saturated carbocycles. The minimum absolute atomic E-state index is 0.656. The van der Waals surface area contributed by atoms with E-state index in [0.29, 0.717) is 5.56 Å². The molecule has 0 fully saturated rings. The first kappa shape index (κ1) is 28.4. The van der Waals surface area contributed by atoms with Crippen LogP contribution in [-0.2, 0) is 0 Å². The third-order valence-corrected chi connectivity index (χ3v) is 9.32. The van der Waals surface area contributed by atoms with Crippen molar-refractivity contribution in [2.75, 3.05) is 0 Å². The molecule has 0 radical (unpaired) electrons. The number of aromatic nitrogens is 3. The van der Waals surface area contributed by atoms with Gasteiger partial charge in [-0.3, -0.25) is 0 Å². The third kappa shape index (κ3) is 5.11. The number of nitrogens with zero attached hydrogens (tertiary/aromatic N) is 4. The summed E-state index contributed by atoms with van der Waals surface area (Å²) in [6, 6.07) is 61.2. The molecule has 9 aromatic rings. The lowest BCUT2D eigenvalue weighted by molar-refractivity contribution is 0.766. The quantitative estimate of drug-likeness (QED) is 0.179. The highest BCUT2D eigenvalue weighted by Crippen LogP contribution is 2.37. The molecule has 8 aromatic carbocycles. The largest absolute Gasteiger partial charge is 0.192 e. The van der Waals surface area contributed by atoms with Gasteiger partial charge >= 0.3 is 0 Å². The second kappa shape index (κ2) is 11.8. The molecule has 0 aliphatic carbocycles. The fraction of sp³-hybridized carbons (Fsp3) is 0. The van der Waals surface area contributed by atoms with E-state index in [1.165, 1.54) is 27.1 Å². The van der Waals surface area contributed by atoms with Gasteiger partial charge in [0.2, 0.25) is 0 Å². The first-order valence-corrected chi connectivity index (χ1v) is 16.3. The number of fused-ring (bicyclic) bond motifs is 4. The SMILES string of the molecule is N#Cc1ccc(-c2ccc(-c3cc4nn(-c5ccc(-c6cc7ccccc7c7ccccc67)cc5)nc4cc3-c3ccccc3)cc2)cc1. The van der Waals surface area contributed by atoms with Gasteiger partial charge in [-0.2, -0.15) is 10.1 Å². The molecule has 0 N–H and O–H groups in total. The summed E-state index contributed by atoms with van der Waals surface area (Å²) < 4.78 is 0. The molecule has 0 aliphatic rings. The second-order valence-corrected chi connectivity index (χ2v) is 12.2. The van der Waals surface area contributed by atoms with E-state index in [4.69, 9.17) is 10.2 Å². The summed E-state index contributed by atoms with van der Waals surface area (Å²) >= 11 is 0. The third-order valence-electron chi connectivity index (χ3n) is 9.32. The minimum atomic E-state index is 0.656. The van der Waals surface area contributed by atoms with Gasteiger partial charge in [-0.25, -0.2) is 0 Å². The van der Waals surface area contributed by atoms with E-state index in [1.807, 2.05) is 30.3 Å². The Morgan fingerprint density at radius 1 is 0.408 bits per heavy atom. The molecule has 0 bridgehead atoms. The summed E-state index contributed by atoms with van der Waals surface area (Å²) in [5, 5.41) is 24.1. The predicted octanol–water partition coefficient (Wildman–Crippen LogP) is 11.3. The van der Waals surface area contributed by atoms with Gasteiger partial charge in [0.05, 0.1) is 17.3 Å². The van der Waals surface area contributed by atoms with Crippen LogP contribution < -0.4 is 0 Å². The zero-order valence-electron chi connectivity index (χ0n) is 26.5. The molecule has 0 amide bonds. The van der Waals surface area contributed by atoms with Crippen molar-refractivity contribution in [2.45, 2.75) is 0 Å². The summed E-state index contributed by atoms with van der Waals surface area (Å²) in [6.45, 7) is 0. The molecular formula is C45H28N4. The summed E-state index contributed by atoms with van der Waals surface area (Å²) in [5.41, 5.74) is 12.2. The first-order valence-electron chi connectivity index (χ1n) is 16.3.